The second-order valence-electron chi connectivity index (χ2n) is 7.49. The molecule has 35 heavy (non-hydrogen) atoms. The van der Waals surface area contributed by atoms with Gasteiger partial charge in [0, 0.05) is 14.6 Å². The molecule has 0 aliphatic heterocycles. The number of Topliss-reactive ketones (excluding diaryl/α,β-unsaturated/α-hetero) is 1. The molecule has 0 saturated heterocycles. The molecule has 0 bridgehead atoms. The highest BCUT2D eigenvalue weighted by atomic mass is 79.9. The number of ether oxygens (including phenoxy) is 1. The molecule has 182 valence electrons. The van der Waals surface area contributed by atoms with Gasteiger partial charge >= 0.3 is 6.36 Å². The summed E-state index contributed by atoms with van der Waals surface area (Å²) in [5.74, 6) is -0.725. The zero-order valence-corrected chi connectivity index (χ0v) is 21.3. The van der Waals surface area contributed by atoms with Gasteiger partial charge in [0.05, 0.1) is 17.0 Å². The van der Waals surface area contributed by atoms with Crippen LogP contribution in [0.5, 0.6) is 5.75 Å². The van der Waals surface area contributed by atoms with Gasteiger partial charge in [0.15, 0.2) is 5.78 Å². The number of rotatable bonds is 7. The molecule has 4 aromatic rings. The van der Waals surface area contributed by atoms with Crippen molar-refractivity contribution in [3.05, 3.63) is 88.4 Å². The fourth-order valence-corrected chi connectivity index (χ4v) is 6.70. The van der Waals surface area contributed by atoms with Crippen LogP contribution in [0.1, 0.15) is 22.8 Å². The molecule has 0 spiro atoms. The van der Waals surface area contributed by atoms with E-state index in [-0.39, 0.29) is 27.8 Å². The zero-order chi connectivity index (χ0) is 25.4. The molecule has 0 amide bonds. The van der Waals surface area contributed by atoms with Crippen LogP contribution in [0.15, 0.2) is 82.2 Å². The summed E-state index contributed by atoms with van der Waals surface area (Å²) in [6, 6.07) is 18.1. The standard InChI is InChI=1S/C24H17BrF3NO4S2/c1-15(30)22-20-4-2-3-5-21(20)34-23(22)29(35(31,32)19-12-8-17(25)9-13-19)14-16-6-10-18(11-7-16)33-24(26,27)28/h2-13H,14H2,1H3. The number of hydrogen-bond acceptors (Lipinski definition) is 5. The predicted molar refractivity (Wildman–Crippen MR) is 132 cm³/mol. The molecular weight excluding hydrogens is 567 g/mol. The van der Waals surface area contributed by atoms with Crippen LogP contribution in [0.3, 0.4) is 0 Å². The van der Waals surface area contributed by atoms with Crippen LogP contribution in [0.4, 0.5) is 18.2 Å². The molecule has 0 aliphatic carbocycles. The Morgan fingerprint density at radius 2 is 1.63 bits per heavy atom. The number of alkyl halides is 3. The van der Waals surface area contributed by atoms with Crippen LogP contribution in [0, 0.1) is 0 Å². The lowest BCUT2D eigenvalue weighted by molar-refractivity contribution is -0.274. The van der Waals surface area contributed by atoms with Crippen molar-refractivity contribution in [2.45, 2.75) is 24.7 Å². The van der Waals surface area contributed by atoms with Crippen molar-refractivity contribution in [3.63, 3.8) is 0 Å². The average Bonchev–Trinajstić information content (AvgIpc) is 3.17. The van der Waals surface area contributed by atoms with E-state index in [0.29, 0.717) is 15.4 Å². The third kappa shape index (κ3) is 5.52. The first-order valence-electron chi connectivity index (χ1n) is 10.1. The number of hydrogen-bond donors (Lipinski definition) is 0. The Hall–Kier alpha value is -2.89. The summed E-state index contributed by atoms with van der Waals surface area (Å²) < 4.78 is 71.6. The van der Waals surface area contributed by atoms with Crippen molar-refractivity contribution < 1.29 is 31.1 Å². The third-order valence-corrected chi connectivity index (χ3v) is 8.64. The Morgan fingerprint density at radius 1 is 1.00 bits per heavy atom. The number of carbonyl (C=O) groups excluding carboxylic acids is 1. The molecule has 0 atom stereocenters. The zero-order valence-electron chi connectivity index (χ0n) is 18.0. The Bertz CT molecular complexity index is 1480. The number of sulfonamides is 1. The summed E-state index contributed by atoms with van der Waals surface area (Å²) in [7, 11) is -4.15. The van der Waals surface area contributed by atoms with Gasteiger partial charge in [0.1, 0.15) is 10.8 Å². The molecule has 5 nitrogen and oxygen atoms in total. The van der Waals surface area contributed by atoms with Gasteiger partial charge in [-0.25, -0.2) is 8.42 Å². The second-order valence-corrected chi connectivity index (χ2v) is 11.3. The molecule has 0 saturated carbocycles. The van der Waals surface area contributed by atoms with Gasteiger partial charge in [-0.15, -0.1) is 24.5 Å². The lowest BCUT2D eigenvalue weighted by Gasteiger charge is -2.24. The lowest BCUT2D eigenvalue weighted by atomic mass is 10.1. The summed E-state index contributed by atoms with van der Waals surface area (Å²) in [6.07, 6.45) is -4.84. The number of fused-ring (bicyclic) bond motifs is 1. The number of nitrogens with zero attached hydrogens (tertiary/aromatic N) is 1. The summed E-state index contributed by atoms with van der Waals surface area (Å²) in [5.41, 5.74) is 0.676. The predicted octanol–water partition coefficient (Wildman–Crippen LogP) is 7.16. The van der Waals surface area contributed by atoms with Crippen molar-refractivity contribution in [2.75, 3.05) is 4.31 Å². The minimum Gasteiger partial charge on any atom is -0.406 e. The van der Waals surface area contributed by atoms with E-state index < -0.39 is 22.1 Å². The number of anilines is 1. The lowest BCUT2D eigenvalue weighted by Crippen LogP contribution is -2.31. The highest BCUT2D eigenvalue weighted by molar-refractivity contribution is 9.10. The fraction of sp³-hybridized carbons (Fsp3) is 0.125. The van der Waals surface area contributed by atoms with E-state index in [1.54, 1.807) is 36.4 Å². The SMILES string of the molecule is CC(=O)c1c(N(Cc2ccc(OC(F)(F)F)cc2)S(=O)(=O)c2ccc(Br)cc2)sc2ccccc12. The first-order valence-corrected chi connectivity index (χ1v) is 13.2. The Morgan fingerprint density at radius 3 is 2.23 bits per heavy atom. The molecular formula is C24H17BrF3NO4S2. The van der Waals surface area contributed by atoms with Gasteiger partial charge in [-0.2, -0.15) is 0 Å². The van der Waals surface area contributed by atoms with E-state index in [0.717, 1.165) is 32.5 Å². The van der Waals surface area contributed by atoms with Crippen molar-refractivity contribution in [1.82, 2.24) is 0 Å². The van der Waals surface area contributed by atoms with Gasteiger partial charge in [-0.05, 0) is 55.0 Å². The van der Waals surface area contributed by atoms with Gasteiger partial charge in [0.2, 0.25) is 0 Å². The molecule has 0 unspecified atom stereocenters. The summed E-state index contributed by atoms with van der Waals surface area (Å²) in [6.45, 7) is 1.16. The number of benzene rings is 3. The van der Waals surface area contributed by atoms with Crippen molar-refractivity contribution in [1.29, 1.82) is 0 Å². The van der Waals surface area contributed by atoms with Gasteiger partial charge in [0.25, 0.3) is 10.0 Å². The van der Waals surface area contributed by atoms with Crippen LogP contribution in [-0.4, -0.2) is 20.6 Å². The van der Waals surface area contributed by atoms with Crippen molar-refractivity contribution in [3.8, 4) is 5.75 Å². The van der Waals surface area contributed by atoms with Crippen LogP contribution in [0.2, 0.25) is 0 Å². The molecule has 3 aromatic carbocycles. The maximum Gasteiger partial charge on any atom is 0.573 e. The molecule has 11 heteroatoms. The van der Waals surface area contributed by atoms with Gasteiger partial charge in [-0.1, -0.05) is 46.3 Å². The van der Waals surface area contributed by atoms with E-state index >= 15 is 0 Å². The van der Waals surface area contributed by atoms with E-state index in [4.69, 9.17) is 0 Å². The summed E-state index contributed by atoms with van der Waals surface area (Å²) in [5, 5.41) is 0.863. The van der Waals surface area contributed by atoms with Gasteiger partial charge < -0.3 is 4.74 Å². The van der Waals surface area contributed by atoms with Crippen molar-refractivity contribution >= 4 is 58.2 Å². The molecule has 1 heterocycles. The Labute approximate surface area is 211 Å². The normalized spacial score (nSPS) is 12.0. The number of ketones is 1. The molecule has 0 N–H and O–H groups in total. The highest BCUT2D eigenvalue weighted by Gasteiger charge is 2.32. The van der Waals surface area contributed by atoms with E-state index in [2.05, 4.69) is 20.7 Å². The summed E-state index contributed by atoms with van der Waals surface area (Å²) >= 11 is 4.44. The molecule has 0 aliphatic rings. The topological polar surface area (TPSA) is 63.7 Å². The number of halogens is 4. The number of carbonyl (C=O) groups is 1. The maximum atomic E-state index is 13.8. The van der Waals surface area contributed by atoms with Crippen molar-refractivity contribution in [2.24, 2.45) is 0 Å². The second kappa shape index (κ2) is 9.63. The monoisotopic (exact) mass is 583 g/mol. The largest absolute Gasteiger partial charge is 0.573 e. The first kappa shape index (κ1) is 25.2. The molecule has 0 radical (unpaired) electrons. The smallest absolute Gasteiger partial charge is 0.406 e. The Kier molecular flexibility index (Phi) is 6.94. The quantitative estimate of drug-likeness (QED) is 0.216. The highest BCUT2D eigenvalue weighted by Crippen LogP contribution is 2.41. The molecule has 1 aromatic heterocycles. The molecule has 4 rings (SSSR count). The maximum absolute atomic E-state index is 13.8. The van der Waals surface area contributed by atoms with E-state index in [9.17, 15) is 26.4 Å². The first-order chi connectivity index (χ1) is 16.5. The average molecular weight is 584 g/mol. The van der Waals surface area contributed by atoms with E-state index in [1.807, 2.05) is 0 Å². The van der Waals surface area contributed by atoms with Crippen LogP contribution < -0.4 is 9.04 Å². The van der Waals surface area contributed by atoms with Crippen LogP contribution in [0.25, 0.3) is 10.1 Å². The van der Waals surface area contributed by atoms with Gasteiger partial charge in [-0.3, -0.25) is 9.10 Å². The molecule has 0 fully saturated rings. The number of thiophene rings is 1. The fourth-order valence-electron chi connectivity index (χ4n) is 3.51. The Balaban J connectivity index is 1.84. The summed E-state index contributed by atoms with van der Waals surface area (Å²) in [4.78, 5) is 12.6. The third-order valence-electron chi connectivity index (χ3n) is 5.04. The van der Waals surface area contributed by atoms with Crippen LogP contribution >= 0.6 is 27.3 Å². The minimum atomic E-state index is -4.84. The van der Waals surface area contributed by atoms with Crippen LogP contribution in [-0.2, 0) is 16.6 Å². The van der Waals surface area contributed by atoms with E-state index in [1.165, 1.54) is 31.2 Å². The minimum absolute atomic E-state index is 0.00434.